The van der Waals surface area contributed by atoms with E-state index in [1.807, 2.05) is 7.05 Å². The monoisotopic (exact) mass is 173 g/mol. The zero-order chi connectivity index (χ0) is 9.23. The Balaban J connectivity index is 3.19. The van der Waals surface area contributed by atoms with Gasteiger partial charge in [0.1, 0.15) is 0 Å². The van der Waals surface area contributed by atoms with Crippen molar-refractivity contribution < 1.29 is 4.74 Å². The molecule has 0 aliphatic rings. The Hall–Kier alpha value is -0.0800. The van der Waals surface area contributed by atoms with Crippen LogP contribution in [-0.2, 0) is 4.74 Å². The average molecular weight is 173 g/mol. The van der Waals surface area contributed by atoms with E-state index in [4.69, 9.17) is 4.74 Å². The molecule has 12 heavy (non-hydrogen) atoms. The van der Waals surface area contributed by atoms with Gasteiger partial charge in [-0.25, -0.2) is 0 Å². The molecular weight excluding hydrogens is 150 g/mol. The van der Waals surface area contributed by atoms with Crippen LogP contribution >= 0.6 is 0 Å². The van der Waals surface area contributed by atoms with Gasteiger partial charge in [0.15, 0.2) is 0 Å². The number of rotatable bonds is 8. The van der Waals surface area contributed by atoms with E-state index in [2.05, 4.69) is 12.2 Å². The summed E-state index contributed by atoms with van der Waals surface area (Å²) in [4.78, 5) is 0. The Kier molecular flexibility index (Phi) is 8.95. The third-order valence-corrected chi connectivity index (χ3v) is 2.28. The first-order chi connectivity index (χ1) is 5.85. The Bertz CT molecular complexity index is 85.9. The highest BCUT2D eigenvalue weighted by Crippen LogP contribution is 2.11. The molecule has 74 valence electrons. The van der Waals surface area contributed by atoms with E-state index < -0.39 is 0 Å². The van der Waals surface area contributed by atoms with Crippen LogP contribution in [0.15, 0.2) is 0 Å². The van der Waals surface area contributed by atoms with Crippen LogP contribution < -0.4 is 5.32 Å². The minimum atomic E-state index is 0.854. The van der Waals surface area contributed by atoms with Crippen LogP contribution in [0.2, 0.25) is 0 Å². The van der Waals surface area contributed by atoms with Gasteiger partial charge in [-0.05, 0) is 32.4 Å². The van der Waals surface area contributed by atoms with Crippen molar-refractivity contribution in [3.63, 3.8) is 0 Å². The summed E-state index contributed by atoms with van der Waals surface area (Å²) in [5.74, 6) is 0.854. The van der Waals surface area contributed by atoms with Crippen LogP contribution in [0, 0.1) is 5.92 Å². The summed E-state index contributed by atoms with van der Waals surface area (Å²) in [7, 11) is 3.79. The molecule has 0 radical (unpaired) electrons. The molecule has 0 spiro atoms. The van der Waals surface area contributed by atoms with Crippen molar-refractivity contribution in [2.24, 2.45) is 5.92 Å². The third-order valence-electron chi connectivity index (χ3n) is 2.28. The molecule has 1 N–H and O–H groups in total. The zero-order valence-corrected chi connectivity index (χ0v) is 8.73. The average Bonchev–Trinajstić information content (AvgIpc) is 2.10. The van der Waals surface area contributed by atoms with E-state index in [0.29, 0.717) is 0 Å². The number of nitrogens with one attached hydrogen (secondary N) is 1. The summed E-state index contributed by atoms with van der Waals surface area (Å²) in [6.45, 7) is 4.33. The second-order valence-corrected chi connectivity index (χ2v) is 3.32. The molecule has 2 nitrogen and oxygen atoms in total. The van der Waals surface area contributed by atoms with Crippen molar-refractivity contribution >= 4 is 0 Å². The van der Waals surface area contributed by atoms with Crippen LogP contribution in [0.4, 0.5) is 0 Å². The molecule has 0 amide bonds. The molecule has 0 aromatic carbocycles. The van der Waals surface area contributed by atoms with E-state index in [9.17, 15) is 0 Å². The van der Waals surface area contributed by atoms with Crippen LogP contribution in [0.25, 0.3) is 0 Å². The van der Waals surface area contributed by atoms with Gasteiger partial charge >= 0.3 is 0 Å². The molecule has 0 aliphatic heterocycles. The molecule has 0 bridgehead atoms. The summed E-state index contributed by atoms with van der Waals surface area (Å²) >= 11 is 0. The second-order valence-electron chi connectivity index (χ2n) is 3.32. The lowest BCUT2D eigenvalue weighted by atomic mass is 9.99. The number of hydrogen-bond donors (Lipinski definition) is 1. The molecular formula is C10H23NO. The summed E-state index contributed by atoms with van der Waals surface area (Å²) < 4.78 is 5.00. The van der Waals surface area contributed by atoms with Crippen molar-refractivity contribution in [1.29, 1.82) is 0 Å². The predicted octanol–water partition coefficient (Wildman–Crippen LogP) is 2.05. The fourth-order valence-electron chi connectivity index (χ4n) is 1.42. The van der Waals surface area contributed by atoms with Crippen LogP contribution in [0.1, 0.15) is 32.6 Å². The van der Waals surface area contributed by atoms with Crippen LogP contribution in [0.3, 0.4) is 0 Å². The van der Waals surface area contributed by atoms with Gasteiger partial charge in [0.2, 0.25) is 0 Å². The molecule has 0 heterocycles. The molecule has 0 aliphatic carbocycles. The van der Waals surface area contributed by atoms with Gasteiger partial charge in [-0.2, -0.15) is 0 Å². The molecule has 0 aromatic heterocycles. The maximum atomic E-state index is 5.00. The Morgan fingerprint density at radius 2 is 2.08 bits per heavy atom. The van der Waals surface area contributed by atoms with Crippen molar-refractivity contribution in [1.82, 2.24) is 5.32 Å². The molecule has 0 rings (SSSR count). The van der Waals surface area contributed by atoms with Gasteiger partial charge < -0.3 is 10.1 Å². The van der Waals surface area contributed by atoms with Gasteiger partial charge in [0, 0.05) is 13.7 Å². The third kappa shape index (κ3) is 6.62. The van der Waals surface area contributed by atoms with Gasteiger partial charge in [-0.15, -0.1) is 0 Å². The standard InChI is InChI=1S/C10H23NO/c1-4-10(9-11-2)7-5-6-8-12-3/h10-11H,4-9H2,1-3H3. The van der Waals surface area contributed by atoms with E-state index in [1.165, 1.54) is 25.7 Å². The zero-order valence-electron chi connectivity index (χ0n) is 8.73. The van der Waals surface area contributed by atoms with Crippen molar-refractivity contribution in [2.45, 2.75) is 32.6 Å². The SMILES string of the molecule is CCC(CCCCOC)CNC. The minimum absolute atomic E-state index is 0.854. The Labute approximate surface area is 76.7 Å². The van der Waals surface area contributed by atoms with E-state index in [0.717, 1.165) is 19.1 Å². The topological polar surface area (TPSA) is 21.3 Å². The summed E-state index contributed by atoms with van der Waals surface area (Å²) in [5, 5.41) is 3.23. The smallest absolute Gasteiger partial charge is 0.0462 e. The lowest BCUT2D eigenvalue weighted by molar-refractivity contribution is 0.190. The van der Waals surface area contributed by atoms with Crippen LogP contribution in [0.5, 0.6) is 0 Å². The summed E-state index contributed by atoms with van der Waals surface area (Å²) in [6, 6.07) is 0. The highest BCUT2D eigenvalue weighted by atomic mass is 16.5. The van der Waals surface area contributed by atoms with E-state index in [-0.39, 0.29) is 0 Å². The first kappa shape index (κ1) is 11.9. The molecule has 1 atom stereocenters. The van der Waals surface area contributed by atoms with Gasteiger partial charge in [0.25, 0.3) is 0 Å². The van der Waals surface area contributed by atoms with E-state index in [1.54, 1.807) is 7.11 Å². The number of unbranched alkanes of at least 4 members (excludes halogenated alkanes) is 1. The Morgan fingerprint density at radius 1 is 1.33 bits per heavy atom. The highest BCUT2D eigenvalue weighted by Gasteiger charge is 2.03. The first-order valence-corrected chi connectivity index (χ1v) is 4.98. The number of hydrogen-bond acceptors (Lipinski definition) is 2. The number of ether oxygens (including phenoxy) is 1. The fraction of sp³-hybridized carbons (Fsp3) is 1.00. The molecule has 2 heteroatoms. The highest BCUT2D eigenvalue weighted by molar-refractivity contribution is 4.59. The number of methoxy groups -OCH3 is 1. The van der Waals surface area contributed by atoms with Gasteiger partial charge in [-0.3, -0.25) is 0 Å². The Morgan fingerprint density at radius 3 is 2.58 bits per heavy atom. The lowest BCUT2D eigenvalue weighted by Crippen LogP contribution is -2.18. The van der Waals surface area contributed by atoms with E-state index >= 15 is 0 Å². The second kappa shape index (κ2) is 9.01. The fourth-order valence-corrected chi connectivity index (χ4v) is 1.42. The summed E-state index contributed by atoms with van der Waals surface area (Å²) in [5.41, 5.74) is 0. The van der Waals surface area contributed by atoms with Gasteiger partial charge in [-0.1, -0.05) is 19.8 Å². The van der Waals surface area contributed by atoms with Crippen molar-refractivity contribution in [3.05, 3.63) is 0 Å². The molecule has 0 fully saturated rings. The maximum absolute atomic E-state index is 5.00. The van der Waals surface area contributed by atoms with Crippen molar-refractivity contribution in [2.75, 3.05) is 27.3 Å². The first-order valence-electron chi connectivity index (χ1n) is 4.98. The van der Waals surface area contributed by atoms with Gasteiger partial charge in [0.05, 0.1) is 0 Å². The lowest BCUT2D eigenvalue weighted by Gasteiger charge is -2.13. The molecule has 1 unspecified atom stereocenters. The van der Waals surface area contributed by atoms with Crippen LogP contribution in [-0.4, -0.2) is 27.3 Å². The minimum Gasteiger partial charge on any atom is -0.385 e. The molecule has 0 saturated carbocycles. The van der Waals surface area contributed by atoms with Crippen molar-refractivity contribution in [3.8, 4) is 0 Å². The predicted molar refractivity (Wildman–Crippen MR) is 53.4 cm³/mol. The largest absolute Gasteiger partial charge is 0.385 e. The summed E-state index contributed by atoms with van der Waals surface area (Å²) in [6.07, 6.45) is 5.12. The molecule has 0 saturated heterocycles. The quantitative estimate of drug-likeness (QED) is 0.567. The molecule has 0 aromatic rings. The maximum Gasteiger partial charge on any atom is 0.0462 e. The normalized spacial score (nSPS) is 13.2.